The molecule has 226 valence electrons. The molecule has 0 aromatic rings. The average Bonchev–Trinajstić information content (AvgIpc) is 2.90. The van der Waals surface area contributed by atoms with E-state index >= 15 is 0 Å². The van der Waals surface area contributed by atoms with Crippen molar-refractivity contribution >= 4 is 5.91 Å². The van der Waals surface area contributed by atoms with Crippen LogP contribution in [0.2, 0.25) is 0 Å². The van der Waals surface area contributed by atoms with Gasteiger partial charge in [-0.25, -0.2) is 0 Å². The van der Waals surface area contributed by atoms with Crippen molar-refractivity contribution in [3.8, 4) is 0 Å². The molecule has 0 aliphatic heterocycles. The first-order valence-electron chi connectivity index (χ1n) is 16.8. The number of allylic oxidation sites excluding steroid dienone is 1. The van der Waals surface area contributed by atoms with Gasteiger partial charge in [-0.1, -0.05) is 161 Å². The predicted octanol–water partition coefficient (Wildman–Crippen LogP) is 9.42. The van der Waals surface area contributed by atoms with Gasteiger partial charge in [-0.05, 0) is 25.2 Å². The first kappa shape index (κ1) is 37.1. The van der Waals surface area contributed by atoms with Crippen LogP contribution in [0, 0.1) is 5.92 Å². The molecule has 38 heavy (non-hydrogen) atoms. The molecular weight excluding hydrogens is 470 g/mol. The van der Waals surface area contributed by atoms with E-state index in [9.17, 15) is 15.0 Å². The summed E-state index contributed by atoms with van der Waals surface area (Å²) in [5, 5.41) is 22.8. The fraction of sp³-hybridized carbons (Fsp3) is 0.912. The molecule has 4 heteroatoms. The van der Waals surface area contributed by atoms with Gasteiger partial charge in [0.25, 0.3) is 0 Å². The molecular formula is C34H67NO3. The lowest BCUT2D eigenvalue weighted by molar-refractivity contribution is -0.123. The molecule has 0 fully saturated rings. The third-order valence-electron chi connectivity index (χ3n) is 7.70. The highest BCUT2D eigenvalue weighted by Crippen LogP contribution is 2.14. The highest BCUT2D eigenvalue weighted by Gasteiger charge is 2.17. The number of hydrogen-bond donors (Lipinski definition) is 3. The molecule has 0 heterocycles. The van der Waals surface area contributed by atoms with Crippen molar-refractivity contribution in [3.63, 3.8) is 0 Å². The van der Waals surface area contributed by atoms with E-state index < -0.39 is 12.1 Å². The standard InChI is InChI=1S/C34H67NO3/c1-4-5-6-7-8-9-10-11-12-16-19-22-25-28-33(37)32(30-36)35-34(38)29-26-23-20-17-14-13-15-18-21-24-27-31(2)3/h25,28,31-33,36-37H,4-24,26-27,29-30H2,1-3H3,(H,35,38). The van der Waals surface area contributed by atoms with Gasteiger partial charge in [-0.15, -0.1) is 0 Å². The Labute approximate surface area is 237 Å². The number of carbonyl (C=O) groups is 1. The van der Waals surface area contributed by atoms with Crippen molar-refractivity contribution in [1.29, 1.82) is 0 Å². The highest BCUT2D eigenvalue weighted by atomic mass is 16.3. The Balaban J connectivity index is 3.64. The van der Waals surface area contributed by atoms with Crippen LogP contribution < -0.4 is 5.32 Å². The minimum Gasteiger partial charge on any atom is -0.394 e. The summed E-state index contributed by atoms with van der Waals surface area (Å²) < 4.78 is 0. The van der Waals surface area contributed by atoms with Crippen LogP contribution in [0.15, 0.2) is 12.2 Å². The molecule has 0 aliphatic rings. The van der Waals surface area contributed by atoms with Gasteiger partial charge in [0, 0.05) is 6.42 Å². The van der Waals surface area contributed by atoms with Crippen molar-refractivity contribution in [2.45, 2.75) is 187 Å². The zero-order chi connectivity index (χ0) is 28.1. The monoisotopic (exact) mass is 538 g/mol. The smallest absolute Gasteiger partial charge is 0.220 e. The Morgan fingerprint density at radius 2 is 1.13 bits per heavy atom. The molecule has 0 radical (unpaired) electrons. The van der Waals surface area contributed by atoms with Gasteiger partial charge in [0.15, 0.2) is 0 Å². The fourth-order valence-corrected chi connectivity index (χ4v) is 5.07. The molecule has 1 amide bonds. The lowest BCUT2D eigenvalue weighted by Gasteiger charge is -2.20. The van der Waals surface area contributed by atoms with Crippen LogP contribution in [0.3, 0.4) is 0 Å². The van der Waals surface area contributed by atoms with Gasteiger partial charge >= 0.3 is 0 Å². The fourth-order valence-electron chi connectivity index (χ4n) is 5.07. The number of aliphatic hydroxyl groups is 2. The van der Waals surface area contributed by atoms with Crippen LogP contribution in [0.5, 0.6) is 0 Å². The molecule has 0 saturated heterocycles. The maximum absolute atomic E-state index is 12.3. The van der Waals surface area contributed by atoms with Crippen molar-refractivity contribution < 1.29 is 15.0 Å². The topological polar surface area (TPSA) is 69.6 Å². The normalized spacial score (nSPS) is 13.4. The number of hydrogen-bond acceptors (Lipinski definition) is 3. The number of rotatable bonds is 29. The summed E-state index contributed by atoms with van der Waals surface area (Å²) in [6, 6.07) is -0.614. The van der Waals surface area contributed by atoms with Crippen LogP contribution in [0.25, 0.3) is 0 Å². The van der Waals surface area contributed by atoms with Crippen molar-refractivity contribution in [1.82, 2.24) is 5.32 Å². The van der Waals surface area contributed by atoms with Crippen LogP contribution >= 0.6 is 0 Å². The van der Waals surface area contributed by atoms with Gasteiger partial charge in [-0.3, -0.25) is 4.79 Å². The van der Waals surface area contributed by atoms with Gasteiger partial charge in [0.2, 0.25) is 5.91 Å². The van der Waals surface area contributed by atoms with E-state index in [0.29, 0.717) is 6.42 Å². The highest BCUT2D eigenvalue weighted by molar-refractivity contribution is 5.76. The maximum atomic E-state index is 12.3. The minimum absolute atomic E-state index is 0.0664. The number of aliphatic hydroxyl groups excluding tert-OH is 2. The molecule has 0 aromatic carbocycles. The van der Waals surface area contributed by atoms with E-state index in [-0.39, 0.29) is 12.5 Å². The summed E-state index contributed by atoms with van der Waals surface area (Å²) in [6.45, 7) is 6.63. The summed E-state index contributed by atoms with van der Waals surface area (Å²) in [5.41, 5.74) is 0. The molecule has 0 bridgehead atoms. The Bertz CT molecular complexity index is 520. The van der Waals surface area contributed by atoms with Crippen LogP contribution in [-0.4, -0.2) is 34.9 Å². The molecule has 2 unspecified atom stereocenters. The zero-order valence-electron chi connectivity index (χ0n) is 25.9. The summed E-state index contributed by atoms with van der Waals surface area (Å²) in [4.78, 5) is 12.3. The van der Waals surface area contributed by atoms with Gasteiger partial charge < -0.3 is 15.5 Å². The predicted molar refractivity (Wildman–Crippen MR) is 165 cm³/mol. The van der Waals surface area contributed by atoms with Crippen molar-refractivity contribution in [2.24, 2.45) is 5.92 Å². The van der Waals surface area contributed by atoms with Crippen LogP contribution in [0.1, 0.15) is 175 Å². The maximum Gasteiger partial charge on any atom is 0.220 e. The summed E-state index contributed by atoms with van der Waals surface area (Å²) in [7, 11) is 0. The zero-order valence-corrected chi connectivity index (χ0v) is 25.9. The van der Waals surface area contributed by atoms with E-state index in [0.717, 1.165) is 31.6 Å². The average molecular weight is 538 g/mol. The molecule has 0 aliphatic carbocycles. The van der Waals surface area contributed by atoms with Crippen molar-refractivity contribution in [3.05, 3.63) is 12.2 Å². The molecule has 0 spiro atoms. The number of unbranched alkanes of at least 4 members (excludes halogenated alkanes) is 20. The minimum atomic E-state index is -0.831. The summed E-state index contributed by atoms with van der Waals surface area (Å²) >= 11 is 0. The largest absolute Gasteiger partial charge is 0.394 e. The number of carbonyl (C=O) groups excluding carboxylic acids is 1. The Morgan fingerprint density at radius 1 is 0.684 bits per heavy atom. The molecule has 0 rings (SSSR count). The number of nitrogens with one attached hydrogen (secondary N) is 1. The molecule has 3 N–H and O–H groups in total. The SMILES string of the molecule is CCCCCCCCCCCCCC=CC(O)C(CO)NC(=O)CCCCCCCCCCCCC(C)C. The van der Waals surface area contributed by atoms with Gasteiger partial charge in [0.05, 0.1) is 18.8 Å². The third kappa shape index (κ3) is 26.7. The van der Waals surface area contributed by atoms with Crippen LogP contribution in [-0.2, 0) is 4.79 Å². The summed E-state index contributed by atoms with van der Waals surface area (Å²) in [5.74, 6) is 0.769. The molecule has 2 atom stereocenters. The quantitative estimate of drug-likeness (QED) is 0.0657. The van der Waals surface area contributed by atoms with Gasteiger partial charge in [0.1, 0.15) is 0 Å². The Hall–Kier alpha value is -0.870. The number of amides is 1. The second-order valence-electron chi connectivity index (χ2n) is 12.1. The third-order valence-corrected chi connectivity index (χ3v) is 7.70. The molecule has 4 nitrogen and oxygen atoms in total. The lowest BCUT2D eigenvalue weighted by atomic mass is 10.0. The van der Waals surface area contributed by atoms with Gasteiger partial charge in [-0.2, -0.15) is 0 Å². The van der Waals surface area contributed by atoms with E-state index in [1.165, 1.54) is 122 Å². The second kappa shape index (κ2) is 29.1. The molecule has 0 aromatic heterocycles. The van der Waals surface area contributed by atoms with E-state index in [2.05, 4.69) is 26.1 Å². The van der Waals surface area contributed by atoms with E-state index in [1.54, 1.807) is 6.08 Å². The van der Waals surface area contributed by atoms with E-state index in [4.69, 9.17) is 0 Å². The molecule has 0 saturated carbocycles. The van der Waals surface area contributed by atoms with Crippen molar-refractivity contribution in [2.75, 3.05) is 6.61 Å². The first-order valence-corrected chi connectivity index (χ1v) is 16.8. The Kier molecular flexibility index (Phi) is 28.5. The van der Waals surface area contributed by atoms with Crippen LogP contribution in [0.4, 0.5) is 0 Å². The first-order chi connectivity index (χ1) is 18.5. The Morgan fingerprint density at radius 3 is 1.61 bits per heavy atom. The summed E-state index contributed by atoms with van der Waals surface area (Å²) in [6.07, 6.45) is 32.8. The second-order valence-corrected chi connectivity index (χ2v) is 12.1. The van der Waals surface area contributed by atoms with E-state index in [1.807, 2.05) is 6.08 Å². The lowest BCUT2D eigenvalue weighted by Crippen LogP contribution is -2.45.